The molecule has 1 aromatic carbocycles. The second-order valence-corrected chi connectivity index (χ2v) is 5.84. The van der Waals surface area contributed by atoms with Crippen molar-refractivity contribution >= 4 is 21.6 Å². The first-order chi connectivity index (χ1) is 9.08. The van der Waals surface area contributed by atoms with E-state index in [1.165, 1.54) is 6.07 Å². The normalized spacial score (nSPS) is 23.3. The Balaban J connectivity index is 2.27. The van der Waals surface area contributed by atoms with Crippen LogP contribution in [0, 0.1) is 15.5 Å². The zero-order chi connectivity index (χ0) is 13.9. The van der Waals surface area contributed by atoms with E-state index in [0.717, 1.165) is 25.0 Å². The van der Waals surface area contributed by atoms with E-state index >= 15 is 0 Å². The molecular formula is C13H17BrN2O3. The lowest BCUT2D eigenvalue weighted by Crippen LogP contribution is -2.40. The fourth-order valence-corrected chi connectivity index (χ4v) is 3.08. The van der Waals surface area contributed by atoms with Crippen LogP contribution in [0.1, 0.15) is 18.4 Å². The zero-order valence-electron chi connectivity index (χ0n) is 10.6. The Labute approximate surface area is 120 Å². The summed E-state index contributed by atoms with van der Waals surface area (Å²) in [5.41, 5.74) is 6.82. The molecule has 5 nitrogen and oxygen atoms in total. The molecule has 0 radical (unpaired) electrons. The first kappa shape index (κ1) is 14.4. The van der Waals surface area contributed by atoms with Crippen LogP contribution in [0.4, 0.5) is 5.69 Å². The number of nitro groups is 1. The van der Waals surface area contributed by atoms with Crippen molar-refractivity contribution in [2.24, 2.45) is 11.1 Å². The highest BCUT2D eigenvalue weighted by molar-refractivity contribution is 9.10. The molecule has 1 saturated heterocycles. The molecule has 0 spiro atoms. The lowest BCUT2D eigenvalue weighted by Gasteiger charge is -2.36. The lowest BCUT2D eigenvalue weighted by atomic mass is 9.77. The van der Waals surface area contributed by atoms with Gasteiger partial charge < -0.3 is 10.5 Å². The summed E-state index contributed by atoms with van der Waals surface area (Å²) in [5.74, 6) is 0. The van der Waals surface area contributed by atoms with Gasteiger partial charge in [-0.15, -0.1) is 0 Å². The average molecular weight is 329 g/mol. The van der Waals surface area contributed by atoms with E-state index in [1.54, 1.807) is 6.07 Å². The summed E-state index contributed by atoms with van der Waals surface area (Å²) in [7, 11) is 0. The molecule has 2 rings (SSSR count). The lowest BCUT2D eigenvalue weighted by molar-refractivity contribution is -0.385. The quantitative estimate of drug-likeness (QED) is 0.680. The van der Waals surface area contributed by atoms with Crippen molar-refractivity contribution in [1.82, 2.24) is 0 Å². The third-order valence-corrected chi connectivity index (χ3v) is 4.57. The van der Waals surface area contributed by atoms with Crippen molar-refractivity contribution in [3.8, 4) is 0 Å². The third kappa shape index (κ3) is 3.13. The molecule has 0 aromatic heterocycles. The molecule has 1 aliphatic heterocycles. The summed E-state index contributed by atoms with van der Waals surface area (Å²) in [6.45, 7) is 1.93. The van der Waals surface area contributed by atoms with Gasteiger partial charge in [-0.1, -0.05) is 12.1 Å². The van der Waals surface area contributed by atoms with Gasteiger partial charge in [0.2, 0.25) is 0 Å². The molecule has 0 bridgehead atoms. The average Bonchev–Trinajstić information content (AvgIpc) is 2.42. The summed E-state index contributed by atoms with van der Waals surface area (Å²) < 4.78 is 6.09. The SMILES string of the molecule is NCC1(Cc2cccc([N+](=O)[O-])c2Br)CCCOC1. The van der Waals surface area contributed by atoms with Crippen LogP contribution in [-0.2, 0) is 11.2 Å². The second-order valence-electron chi connectivity index (χ2n) is 5.04. The Morgan fingerprint density at radius 1 is 1.53 bits per heavy atom. The van der Waals surface area contributed by atoms with Crippen LogP contribution in [0.3, 0.4) is 0 Å². The maximum atomic E-state index is 10.9. The Bertz CT molecular complexity index is 473. The maximum Gasteiger partial charge on any atom is 0.283 e. The second kappa shape index (κ2) is 5.98. The molecule has 1 aliphatic rings. The van der Waals surface area contributed by atoms with Gasteiger partial charge in [0.1, 0.15) is 0 Å². The number of halogens is 1. The number of nitrogens with two attached hydrogens (primary N) is 1. The van der Waals surface area contributed by atoms with Crippen LogP contribution in [0.5, 0.6) is 0 Å². The Kier molecular flexibility index (Phi) is 4.54. The van der Waals surface area contributed by atoms with Gasteiger partial charge in [0.25, 0.3) is 5.69 Å². The molecule has 1 aromatic rings. The van der Waals surface area contributed by atoms with Crippen LogP contribution in [0.15, 0.2) is 22.7 Å². The fourth-order valence-electron chi connectivity index (χ4n) is 2.53. The van der Waals surface area contributed by atoms with Crippen LogP contribution in [0.2, 0.25) is 0 Å². The fraction of sp³-hybridized carbons (Fsp3) is 0.538. The topological polar surface area (TPSA) is 78.4 Å². The molecule has 6 heteroatoms. The molecule has 1 atom stereocenters. The minimum Gasteiger partial charge on any atom is -0.381 e. The van der Waals surface area contributed by atoms with E-state index in [0.29, 0.717) is 24.0 Å². The molecule has 19 heavy (non-hydrogen) atoms. The number of ether oxygens (including phenoxy) is 1. The number of hydrogen-bond donors (Lipinski definition) is 1. The van der Waals surface area contributed by atoms with Crippen molar-refractivity contribution < 1.29 is 9.66 Å². The number of rotatable bonds is 4. The van der Waals surface area contributed by atoms with Crippen molar-refractivity contribution in [1.29, 1.82) is 0 Å². The molecule has 1 unspecified atom stereocenters. The van der Waals surface area contributed by atoms with Gasteiger partial charge in [-0.05, 0) is 40.8 Å². The smallest absolute Gasteiger partial charge is 0.283 e. The third-order valence-electron chi connectivity index (χ3n) is 3.66. The van der Waals surface area contributed by atoms with Gasteiger partial charge in [-0.3, -0.25) is 10.1 Å². The molecule has 104 valence electrons. The van der Waals surface area contributed by atoms with Crippen LogP contribution >= 0.6 is 15.9 Å². The summed E-state index contributed by atoms with van der Waals surface area (Å²) in [5, 5.41) is 10.9. The van der Waals surface area contributed by atoms with E-state index < -0.39 is 0 Å². The summed E-state index contributed by atoms with van der Waals surface area (Å²) >= 11 is 3.34. The van der Waals surface area contributed by atoms with E-state index in [2.05, 4.69) is 15.9 Å². The predicted octanol–water partition coefficient (Wildman–Crippen LogP) is 2.66. The highest BCUT2D eigenvalue weighted by Gasteiger charge is 2.33. The molecule has 2 N–H and O–H groups in total. The van der Waals surface area contributed by atoms with Crippen molar-refractivity contribution in [2.45, 2.75) is 19.3 Å². The Morgan fingerprint density at radius 2 is 2.32 bits per heavy atom. The predicted molar refractivity (Wildman–Crippen MR) is 76.0 cm³/mol. The van der Waals surface area contributed by atoms with E-state index in [1.807, 2.05) is 6.07 Å². The first-order valence-electron chi connectivity index (χ1n) is 6.28. The van der Waals surface area contributed by atoms with Gasteiger partial charge in [0, 0.05) is 24.6 Å². The van der Waals surface area contributed by atoms with Gasteiger partial charge in [0.05, 0.1) is 16.0 Å². The minimum absolute atomic E-state index is 0.0985. The molecule has 0 amide bonds. The number of nitro benzene ring substituents is 1. The molecule has 0 saturated carbocycles. The molecule has 0 aliphatic carbocycles. The zero-order valence-corrected chi connectivity index (χ0v) is 12.2. The van der Waals surface area contributed by atoms with E-state index in [-0.39, 0.29) is 16.0 Å². The van der Waals surface area contributed by atoms with Crippen LogP contribution in [-0.4, -0.2) is 24.7 Å². The molecule has 1 fully saturated rings. The largest absolute Gasteiger partial charge is 0.381 e. The van der Waals surface area contributed by atoms with Crippen molar-refractivity contribution in [3.05, 3.63) is 38.3 Å². The highest BCUT2D eigenvalue weighted by Crippen LogP contribution is 2.36. The van der Waals surface area contributed by atoms with E-state index in [4.69, 9.17) is 10.5 Å². The standard InChI is InChI=1S/C13H17BrN2O3/c14-12-10(3-1-4-11(12)16(17)18)7-13(8-15)5-2-6-19-9-13/h1,3-4H,2,5-9,15H2. The highest BCUT2D eigenvalue weighted by atomic mass is 79.9. The molecular weight excluding hydrogens is 312 g/mol. The first-order valence-corrected chi connectivity index (χ1v) is 7.07. The van der Waals surface area contributed by atoms with Crippen molar-refractivity contribution in [2.75, 3.05) is 19.8 Å². The van der Waals surface area contributed by atoms with Crippen LogP contribution < -0.4 is 5.73 Å². The summed E-state index contributed by atoms with van der Waals surface area (Å²) in [4.78, 5) is 10.6. The monoisotopic (exact) mass is 328 g/mol. The van der Waals surface area contributed by atoms with Gasteiger partial charge >= 0.3 is 0 Å². The van der Waals surface area contributed by atoms with E-state index in [9.17, 15) is 10.1 Å². The molecule has 1 heterocycles. The van der Waals surface area contributed by atoms with Crippen LogP contribution in [0.25, 0.3) is 0 Å². The summed E-state index contributed by atoms with van der Waals surface area (Å²) in [6.07, 6.45) is 2.69. The van der Waals surface area contributed by atoms with Gasteiger partial charge in [0.15, 0.2) is 0 Å². The van der Waals surface area contributed by atoms with Gasteiger partial charge in [-0.25, -0.2) is 0 Å². The Hall–Kier alpha value is -0.980. The number of nitrogens with zero attached hydrogens (tertiary/aromatic N) is 1. The Morgan fingerprint density at radius 3 is 2.89 bits per heavy atom. The number of hydrogen-bond acceptors (Lipinski definition) is 4. The minimum atomic E-state index is -0.375. The summed E-state index contributed by atoms with van der Waals surface area (Å²) in [6, 6.07) is 5.12. The van der Waals surface area contributed by atoms with Crippen molar-refractivity contribution in [3.63, 3.8) is 0 Å². The number of benzene rings is 1. The maximum absolute atomic E-state index is 10.9. The van der Waals surface area contributed by atoms with Gasteiger partial charge in [-0.2, -0.15) is 0 Å².